The van der Waals surface area contributed by atoms with Crippen molar-refractivity contribution in [1.82, 2.24) is 0 Å². The fourth-order valence-electron chi connectivity index (χ4n) is 8.02. The summed E-state index contributed by atoms with van der Waals surface area (Å²) in [5.74, 6) is 0. The molecule has 0 spiro atoms. The molecule has 0 saturated carbocycles. The number of hydrogen-bond donors (Lipinski definition) is 0. The Kier molecular flexibility index (Phi) is 7.34. The first-order valence-corrected chi connectivity index (χ1v) is 18.5. The van der Waals surface area contributed by atoms with E-state index in [1.165, 1.54) is 22.3 Å². The number of aryl methyl sites for hydroxylation is 4. The van der Waals surface area contributed by atoms with Crippen molar-refractivity contribution >= 4 is 88.8 Å². The number of rotatable bonds is 6. The Morgan fingerprint density at radius 3 is 1.20 bits per heavy atom. The van der Waals surface area contributed by atoms with Crippen LogP contribution in [0.1, 0.15) is 22.3 Å². The van der Waals surface area contributed by atoms with Gasteiger partial charge in [0.15, 0.2) is 0 Å². The van der Waals surface area contributed by atoms with Gasteiger partial charge in [0.05, 0.1) is 0 Å². The van der Waals surface area contributed by atoms with E-state index in [1.807, 2.05) is 0 Å². The average Bonchev–Trinajstić information content (AvgIpc) is 3.72. The molecule has 10 rings (SSSR count). The first-order valence-electron chi connectivity index (χ1n) is 18.5. The zero-order chi connectivity index (χ0) is 36.5. The Morgan fingerprint density at radius 2 is 0.722 bits per heavy atom. The zero-order valence-corrected chi connectivity index (χ0v) is 30.7. The summed E-state index contributed by atoms with van der Waals surface area (Å²) in [5, 5.41) is 6.62. The number of hydrogen-bond acceptors (Lipinski definition) is 4. The van der Waals surface area contributed by atoms with Crippen molar-refractivity contribution < 1.29 is 8.83 Å². The summed E-state index contributed by atoms with van der Waals surface area (Å²) in [5.41, 5.74) is 14.9. The van der Waals surface area contributed by atoms with E-state index < -0.39 is 0 Å². The van der Waals surface area contributed by atoms with Gasteiger partial charge in [-0.1, -0.05) is 72.3 Å². The lowest BCUT2D eigenvalue weighted by molar-refractivity contribution is 0.668. The number of anilines is 6. The smallest absolute Gasteiger partial charge is 0.137 e. The molecule has 0 bridgehead atoms. The molecular weight excluding hydrogens is 661 g/mol. The van der Waals surface area contributed by atoms with Gasteiger partial charge in [-0.05, 0) is 134 Å². The maximum Gasteiger partial charge on any atom is 0.137 e. The van der Waals surface area contributed by atoms with Crippen molar-refractivity contribution in [2.75, 3.05) is 9.80 Å². The van der Waals surface area contributed by atoms with Gasteiger partial charge in [-0.25, -0.2) is 0 Å². The molecule has 54 heavy (non-hydrogen) atoms. The SMILES string of the molecule is Cc1ccc(N(c2ccc3c(c2)oc2cc4cc5oc6cc(N(c7ccccc7C)c7ccccc7C)ccc6c5cc4cc23)c2ccccc2C)cc1. The number of fused-ring (bicyclic) bond motifs is 7. The van der Waals surface area contributed by atoms with Crippen LogP contribution in [-0.2, 0) is 0 Å². The molecule has 0 amide bonds. The van der Waals surface area contributed by atoms with Crippen molar-refractivity contribution in [2.24, 2.45) is 0 Å². The van der Waals surface area contributed by atoms with Crippen molar-refractivity contribution in [1.29, 1.82) is 0 Å². The molecule has 0 fully saturated rings. The molecule has 0 radical (unpaired) electrons. The first kappa shape index (κ1) is 31.9. The van der Waals surface area contributed by atoms with E-state index in [2.05, 4.69) is 195 Å². The number of nitrogens with zero attached hydrogens (tertiary/aromatic N) is 2. The van der Waals surface area contributed by atoms with E-state index >= 15 is 0 Å². The molecule has 0 N–H and O–H groups in total. The molecule has 0 aliphatic rings. The highest BCUT2D eigenvalue weighted by molar-refractivity contribution is 6.15. The second kappa shape index (κ2) is 12.4. The normalized spacial score (nSPS) is 11.7. The van der Waals surface area contributed by atoms with Crippen LogP contribution in [0.25, 0.3) is 54.6 Å². The predicted molar refractivity (Wildman–Crippen MR) is 227 cm³/mol. The van der Waals surface area contributed by atoms with E-state index in [0.717, 1.165) is 88.8 Å². The summed E-state index contributed by atoms with van der Waals surface area (Å²) in [7, 11) is 0. The summed E-state index contributed by atoms with van der Waals surface area (Å²) < 4.78 is 13.3. The number of para-hydroxylation sites is 3. The largest absolute Gasteiger partial charge is 0.456 e. The average molecular weight is 699 g/mol. The van der Waals surface area contributed by atoms with Gasteiger partial charge < -0.3 is 18.6 Å². The third-order valence-corrected chi connectivity index (χ3v) is 10.9. The molecule has 260 valence electrons. The van der Waals surface area contributed by atoms with Crippen LogP contribution < -0.4 is 9.80 Å². The summed E-state index contributed by atoms with van der Waals surface area (Å²) in [4.78, 5) is 4.64. The zero-order valence-electron chi connectivity index (χ0n) is 30.7. The topological polar surface area (TPSA) is 32.8 Å². The third kappa shape index (κ3) is 5.21. The van der Waals surface area contributed by atoms with Crippen LogP contribution in [-0.4, -0.2) is 0 Å². The van der Waals surface area contributed by atoms with Crippen molar-refractivity contribution in [3.63, 3.8) is 0 Å². The van der Waals surface area contributed by atoms with Crippen LogP contribution in [0, 0.1) is 27.7 Å². The van der Waals surface area contributed by atoms with E-state index in [0.29, 0.717) is 0 Å². The van der Waals surface area contributed by atoms with E-state index in [4.69, 9.17) is 8.83 Å². The maximum atomic E-state index is 6.63. The molecule has 10 aromatic rings. The first-order chi connectivity index (χ1) is 26.4. The highest BCUT2D eigenvalue weighted by Crippen LogP contribution is 2.43. The lowest BCUT2D eigenvalue weighted by Gasteiger charge is -2.28. The van der Waals surface area contributed by atoms with Gasteiger partial charge >= 0.3 is 0 Å². The standard InChI is InChI=1S/C50H38N2O2/c1-31-17-19-37(20-18-31)51(44-14-8-5-11-32(44)2)38-21-23-40-42-25-35-26-43-41-24-22-39(30-50(41)54-48(43)28-36(35)27-47(42)53-49(40)29-38)52(45-15-9-6-12-33(45)3)46-16-10-7-13-34(46)4/h5-30H,1-4H3. The van der Waals surface area contributed by atoms with Crippen molar-refractivity contribution in [2.45, 2.75) is 27.7 Å². The van der Waals surface area contributed by atoms with Crippen molar-refractivity contribution in [3.05, 3.63) is 180 Å². The molecular formula is C50H38N2O2. The highest BCUT2D eigenvalue weighted by Gasteiger charge is 2.20. The minimum atomic E-state index is 0.858. The minimum absolute atomic E-state index is 0.858. The van der Waals surface area contributed by atoms with Gasteiger partial charge in [0.1, 0.15) is 22.3 Å². The Balaban J connectivity index is 1.08. The molecule has 8 aromatic carbocycles. The van der Waals surface area contributed by atoms with Gasteiger partial charge in [-0.3, -0.25) is 0 Å². The lowest BCUT2D eigenvalue weighted by Crippen LogP contribution is -2.12. The predicted octanol–water partition coefficient (Wildman–Crippen LogP) is 14.8. The number of furan rings is 2. The highest BCUT2D eigenvalue weighted by atomic mass is 16.3. The molecule has 0 aliphatic heterocycles. The molecule has 0 atom stereocenters. The Labute approximate surface area is 314 Å². The van der Waals surface area contributed by atoms with Crippen LogP contribution in [0.2, 0.25) is 0 Å². The Hall–Kier alpha value is -6.78. The van der Waals surface area contributed by atoms with Gasteiger partial charge in [0, 0.05) is 67.8 Å². The summed E-state index contributed by atoms with van der Waals surface area (Å²) in [6.45, 7) is 8.60. The second-order valence-corrected chi connectivity index (χ2v) is 14.5. The molecule has 2 heterocycles. The van der Waals surface area contributed by atoms with Gasteiger partial charge in [0.2, 0.25) is 0 Å². The molecule has 4 heteroatoms. The van der Waals surface area contributed by atoms with E-state index in [1.54, 1.807) is 0 Å². The summed E-state index contributed by atoms with van der Waals surface area (Å²) in [6, 6.07) is 56.3. The van der Waals surface area contributed by atoms with Gasteiger partial charge in [-0.2, -0.15) is 0 Å². The fourth-order valence-corrected chi connectivity index (χ4v) is 8.02. The van der Waals surface area contributed by atoms with Crippen LogP contribution in [0.4, 0.5) is 34.1 Å². The molecule has 0 unspecified atom stereocenters. The fraction of sp³-hybridized carbons (Fsp3) is 0.0800. The number of benzene rings is 8. The maximum absolute atomic E-state index is 6.63. The molecule has 0 aliphatic carbocycles. The summed E-state index contributed by atoms with van der Waals surface area (Å²) in [6.07, 6.45) is 0. The minimum Gasteiger partial charge on any atom is -0.456 e. The Bertz CT molecular complexity index is 3010. The van der Waals surface area contributed by atoms with Gasteiger partial charge in [0.25, 0.3) is 0 Å². The van der Waals surface area contributed by atoms with E-state index in [-0.39, 0.29) is 0 Å². The monoisotopic (exact) mass is 698 g/mol. The lowest BCUT2D eigenvalue weighted by atomic mass is 10.0. The second-order valence-electron chi connectivity index (χ2n) is 14.5. The van der Waals surface area contributed by atoms with E-state index in [9.17, 15) is 0 Å². The summed E-state index contributed by atoms with van der Waals surface area (Å²) >= 11 is 0. The van der Waals surface area contributed by atoms with Crippen LogP contribution in [0.3, 0.4) is 0 Å². The third-order valence-electron chi connectivity index (χ3n) is 10.9. The molecule has 2 aromatic heterocycles. The quantitative estimate of drug-likeness (QED) is 0.173. The van der Waals surface area contributed by atoms with Crippen LogP contribution in [0.5, 0.6) is 0 Å². The molecule has 4 nitrogen and oxygen atoms in total. The van der Waals surface area contributed by atoms with Crippen LogP contribution >= 0.6 is 0 Å². The van der Waals surface area contributed by atoms with Gasteiger partial charge in [-0.15, -0.1) is 0 Å². The van der Waals surface area contributed by atoms with Crippen molar-refractivity contribution in [3.8, 4) is 0 Å². The molecule has 0 saturated heterocycles. The van der Waals surface area contributed by atoms with Crippen LogP contribution in [0.15, 0.2) is 167 Å². The Morgan fingerprint density at radius 1 is 0.333 bits per heavy atom.